The number of methoxy groups -OCH3 is 1. The van der Waals surface area contributed by atoms with Crippen molar-refractivity contribution in [1.29, 1.82) is 0 Å². The molecule has 0 spiro atoms. The van der Waals surface area contributed by atoms with Gasteiger partial charge in [-0.25, -0.2) is 5.43 Å². The fourth-order valence-electron chi connectivity index (χ4n) is 6.47. The Bertz CT molecular complexity index is 1200. The Morgan fingerprint density at radius 2 is 1.82 bits per heavy atom. The fourth-order valence-corrected chi connectivity index (χ4v) is 6.47. The highest BCUT2D eigenvalue weighted by Crippen LogP contribution is 2.33. The minimum absolute atomic E-state index is 0.00662. The maximum Gasteiger partial charge on any atom is 0.258 e. The maximum atomic E-state index is 13.8. The Morgan fingerprint density at radius 3 is 2.49 bits per heavy atom. The Labute approximate surface area is 269 Å². The zero-order valence-electron chi connectivity index (χ0n) is 27.9. The summed E-state index contributed by atoms with van der Waals surface area (Å²) in [6.07, 6.45) is 9.06. The summed E-state index contributed by atoms with van der Waals surface area (Å²) < 4.78 is 5.55. The first-order valence-electron chi connectivity index (χ1n) is 16.6. The van der Waals surface area contributed by atoms with Crippen LogP contribution >= 0.6 is 0 Å². The van der Waals surface area contributed by atoms with Crippen molar-refractivity contribution in [2.24, 2.45) is 17.8 Å². The number of benzene rings is 1. The number of nitrogens with zero attached hydrogens (tertiary/aromatic N) is 2. The first kappa shape index (κ1) is 36.2. The second-order valence-electron chi connectivity index (χ2n) is 12.9. The molecule has 2 N–H and O–H groups in total. The van der Waals surface area contributed by atoms with Crippen LogP contribution in [0.5, 0.6) is 0 Å². The van der Waals surface area contributed by atoms with E-state index in [9.17, 15) is 19.2 Å². The second kappa shape index (κ2) is 17.4. The van der Waals surface area contributed by atoms with Gasteiger partial charge in [-0.15, -0.1) is 6.58 Å². The lowest BCUT2D eigenvalue weighted by molar-refractivity contribution is -0.147. The van der Waals surface area contributed by atoms with E-state index in [0.717, 1.165) is 36.8 Å². The van der Waals surface area contributed by atoms with Gasteiger partial charge in [-0.3, -0.25) is 24.2 Å². The zero-order chi connectivity index (χ0) is 33.1. The van der Waals surface area contributed by atoms with Gasteiger partial charge in [-0.05, 0) is 75.0 Å². The number of piperidine rings is 1. The normalized spacial score (nSPS) is 21.4. The van der Waals surface area contributed by atoms with Crippen molar-refractivity contribution in [3.05, 3.63) is 54.6 Å². The molecule has 0 radical (unpaired) electrons. The van der Waals surface area contributed by atoms with E-state index >= 15 is 0 Å². The van der Waals surface area contributed by atoms with Crippen molar-refractivity contribution in [3.8, 4) is 0 Å². The number of hydrazine groups is 1. The predicted octanol–water partition coefficient (Wildman–Crippen LogP) is 5.23. The number of nitrogens with one attached hydrogen (secondary N) is 2. The first-order chi connectivity index (χ1) is 21.5. The highest BCUT2D eigenvalue weighted by Gasteiger charge is 2.37. The van der Waals surface area contributed by atoms with Crippen molar-refractivity contribution in [2.45, 2.75) is 103 Å². The molecule has 5 unspecified atom stereocenters. The number of ketones is 1. The Morgan fingerprint density at radius 1 is 1.07 bits per heavy atom. The summed E-state index contributed by atoms with van der Waals surface area (Å²) in [5.74, 6) is -1.71. The number of carbonyl (C=O) groups excluding carboxylic acids is 4. The summed E-state index contributed by atoms with van der Waals surface area (Å²) in [4.78, 5) is 55.9. The quantitative estimate of drug-likeness (QED) is 0.260. The van der Waals surface area contributed by atoms with E-state index in [4.69, 9.17) is 4.74 Å². The van der Waals surface area contributed by atoms with E-state index in [2.05, 4.69) is 36.0 Å². The molecule has 2 fully saturated rings. The lowest BCUT2D eigenvalue weighted by atomic mass is 9.84. The van der Waals surface area contributed by atoms with Crippen molar-refractivity contribution in [2.75, 3.05) is 20.2 Å². The van der Waals surface area contributed by atoms with E-state index in [0.29, 0.717) is 32.4 Å². The van der Waals surface area contributed by atoms with Gasteiger partial charge >= 0.3 is 0 Å². The van der Waals surface area contributed by atoms with Gasteiger partial charge in [0, 0.05) is 38.5 Å². The molecule has 45 heavy (non-hydrogen) atoms. The van der Waals surface area contributed by atoms with Crippen molar-refractivity contribution >= 4 is 29.6 Å². The molecule has 9 heteroatoms. The van der Waals surface area contributed by atoms with Crippen molar-refractivity contribution < 1.29 is 23.9 Å². The van der Waals surface area contributed by atoms with Gasteiger partial charge < -0.3 is 15.0 Å². The van der Waals surface area contributed by atoms with Crippen LogP contribution in [-0.2, 0) is 23.9 Å². The Hall–Kier alpha value is -3.30. The molecular formula is C36H54N4O5. The predicted molar refractivity (Wildman–Crippen MR) is 178 cm³/mol. The minimum atomic E-state index is -0.823. The molecule has 3 amide bonds. The van der Waals surface area contributed by atoms with Gasteiger partial charge in [-0.2, -0.15) is 0 Å². The third-order valence-corrected chi connectivity index (χ3v) is 9.38. The molecule has 0 saturated carbocycles. The first-order valence-corrected chi connectivity index (χ1v) is 16.6. The molecule has 0 bridgehead atoms. The number of carbonyl (C=O) groups is 4. The van der Waals surface area contributed by atoms with Crippen LogP contribution in [0.2, 0.25) is 0 Å². The van der Waals surface area contributed by atoms with Gasteiger partial charge in [0.2, 0.25) is 11.8 Å². The van der Waals surface area contributed by atoms with Gasteiger partial charge in [0.1, 0.15) is 17.9 Å². The summed E-state index contributed by atoms with van der Waals surface area (Å²) in [5, 5.41) is 4.34. The van der Waals surface area contributed by atoms with E-state index in [1.165, 1.54) is 5.01 Å². The van der Waals surface area contributed by atoms with Crippen molar-refractivity contribution in [1.82, 2.24) is 20.7 Å². The van der Waals surface area contributed by atoms with E-state index < -0.39 is 18.0 Å². The molecule has 9 nitrogen and oxygen atoms in total. The van der Waals surface area contributed by atoms with Gasteiger partial charge in [0.05, 0.1) is 12.1 Å². The van der Waals surface area contributed by atoms with Gasteiger partial charge in [0.25, 0.3) is 5.91 Å². The Balaban J connectivity index is 1.62. The number of Topliss-reactive ketones (excluding diaryl/α,β-unsaturated/α-hetero) is 1. The standard InChI is InChI=1S/C36H54N4O5/c1-8-10-19-33(45-7)25(5)32(41)23-29(24(3)4)34(42)37-26(6)35(43)40-21-14-17-30(38-40)36(44)39-20-12-11-18-31(39)28-16-13-15-27(9-2)22-28/h8-9,13,15-16,22,24-26,29-31,33,38H,1-2,10-12,14,17-21,23H2,3-7H3,(H,37,42)/t25?,26?,29?,30?,31-,33?/m1/s1. The van der Waals surface area contributed by atoms with Crippen LogP contribution in [0.25, 0.3) is 6.08 Å². The number of ether oxygens (including phenoxy) is 1. The molecule has 3 rings (SSSR count). The van der Waals surface area contributed by atoms with E-state index in [1.54, 1.807) is 20.1 Å². The lowest BCUT2D eigenvalue weighted by Crippen LogP contribution is -2.61. The lowest BCUT2D eigenvalue weighted by Gasteiger charge is -2.41. The van der Waals surface area contributed by atoms with E-state index in [1.807, 2.05) is 43.9 Å². The number of likely N-dealkylation sites (tertiary alicyclic amines) is 1. The summed E-state index contributed by atoms with van der Waals surface area (Å²) in [6, 6.07) is 6.80. The molecule has 2 aliphatic rings. The average Bonchev–Trinajstić information content (AvgIpc) is 3.06. The average molecular weight is 623 g/mol. The molecule has 2 saturated heterocycles. The summed E-state index contributed by atoms with van der Waals surface area (Å²) in [6.45, 7) is 16.0. The molecule has 1 aromatic carbocycles. The molecule has 0 aliphatic carbocycles. The molecule has 0 aromatic heterocycles. The highest BCUT2D eigenvalue weighted by atomic mass is 16.5. The van der Waals surface area contributed by atoms with Crippen LogP contribution in [0.4, 0.5) is 0 Å². The number of amides is 3. The summed E-state index contributed by atoms with van der Waals surface area (Å²) >= 11 is 0. The Kier molecular flexibility index (Phi) is 14.0. The minimum Gasteiger partial charge on any atom is -0.381 e. The van der Waals surface area contributed by atoms with Crippen molar-refractivity contribution in [3.63, 3.8) is 0 Å². The third-order valence-electron chi connectivity index (χ3n) is 9.38. The summed E-state index contributed by atoms with van der Waals surface area (Å²) in [7, 11) is 1.59. The maximum absolute atomic E-state index is 13.8. The third kappa shape index (κ3) is 9.60. The van der Waals surface area contributed by atoms with Crippen LogP contribution in [0.15, 0.2) is 43.5 Å². The fraction of sp³-hybridized carbons (Fsp3) is 0.611. The SMILES string of the molecule is C=CCCC(OC)C(C)C(=O)CC(C(=O)NC(C)C(=O)N1CCCC(C(=O)N2CCCC[C@@H]2c2cccc(C=C)c2)N1)C(C)C. The largest absolute Gasteiger partial charge is 0.381 e. The van der Waals surface area contributed by atoms with Crippen LogP contribution in [0.1, 0.15) is 96.2 Å². The molecule has 2 heterocycles. The van der Waals surface area contributed by atoms with Gasteiger partial charge in [-0.1, -0.05) is 57.7 Å². The zero-order valence-corrected chi connectivity index (χ0v) is 27.9. The van der Waals surface area contributed by atoms with Crippen LogP contribution in [0.3, 0.4) is 0 Å². The van der Waals surface area contributed by atoms with Gasteiger partial charge in [0.15, 0.2) is 0 Å². The number of allylic oxidation sites excluding steroid dienone is 1. The van der Waals surface area contributed by atoms with E-state index in [-0.39, 0.29) is 53.9 Å². The molecular weight excluding hydrogens is 568 g/mol. The second-order valence-corrected chi connectivity index (χ2v) is 12.9. The highest BCUT2D eigenvalue weighted by molar-refractivity contribution is 5.92. The molecule has 2 aliphatic heterocycles. The number of hydrogen-bond donors (Lipinski definition) is 2. The van der Waals surface area contributed by atoms with Crippen LogP contribution < -0.4 is 10.7 Å². The molecule has 248 valence electrons. The van der Waals surface area contributed by atoms with Crippen LogP contribution in [-0.4, -0.2) is 71.8 Å². The molecule has 1 aromatic rings. The smallest absolute Gasteiger partial charge is 0.258 e. The number of rotatable bonds is 15. The molecule has 6 atom stereocenters. The summed E-state index contributed by atoms with van der Waals surface area (Å²) in [5.41, 5.74) is 5.31. The van der Waals surface area contributed by atoms with Crippen LogP contribution in [0, 0.1) is 17.8 Å². The monoisotopic (exact) mass is 622 g/mol. The topological polar surface area (TPSA) is 108 Å². The number of hydrogen-bond acceptors (Lipinski definition) is 6.